The largest absolute Gasteiger partial charge is 0.353 e. The predicted octanol–water partition coefficient (Wildman–Crippen LogP) is 2.54. The normalized spacial score (nSPS) is 25.8. The van der Waals surface area contributed by atoms with E-state index < -0.39 is 0 Å². The molecule has 1 aromatic heterocycles. The molecule has 2 aliphatic heterocycles. The summed E-state index contributed by atoms with van der Waals surface area (Å²) in [5, 5.41) is 3.03. The molecule has 21 heavy (non-hydrogen) atoms. The first-order valence-electron chi connectivity index (χ1n) is 7.13. The van der Waals surface area contributed by atoms with Gasteiger partial charge in [0.1, 0.15) is 0 Å². The molecule has 1 N–H and O–H groups in total. The maximum Gasteiger partial charge on any atom is 0.246 e. The van der Waals surface area contributed by atoms with E-state index in [4.69, 9.17) is 11.6 Å². The molecule has 112 valence electrons. The van der Waals surface area contributed by atoms with Crippen LogP contribution in [0.2, 0.25) is 4.34 Å². The first-order valence-corrected chi connectivity index (χ1v) is 8.33. The highest BCUT2D eigenvalue weighted by atomic mass is 35.5. The molecule has 0 radical (unpaired) electrons. The minimum atomic E-state index is 0.0369. The van der Waals surface area contributed by atoms with Crippen LogP contribution in [0.5, 0.6) is 0 Å². The van der Waals surface area contributed by atoms with E-state index in [1.165, 1.54) is 11.3 Å². The van der Waals surface area contributed by atoms with Crippen molar-refractivity contribution in [2.75, 3.05) is 13.1 Å². The quantitative estimate of drug-likeness (QED) is 0.850. The molecule has 2 aliphatic rings. The number of carbonyl (C=O) groups is 2. The van der Waals surface area contributed by atoms with Crippen LogP contribution in [0.4, 0.5) is 0 Å². The fourth-order valence-corrected chi connectivity index (χ4v) is 3.95. The highest BCUT2D eigenvalue weighted by molar-refractivity contribution is 7.17. The lowest BCUT2D eigenvalue weighted by Crippen LogP contribution is -2.54. The summed E-state index contributed by atoms with van der Waals surface area (Å²) in [4.78, 5) is 26.5. The highest BCUT2D eigenvalue weighted by Gasteiger charge is 2.34. The lowest BCUT2D eigenvalue weighted by atomic mass is 9.85. The zero-order chi connectivity index (χ0) is 14.8. The van der Waals surface area contributed by atoms with Gasteiger partial charge in [0.05, 0.1) is 4.34 Å². The monoisotopic (exact) mass is 324 g/mol. The number of fused-ring (bicyclic) bond motifs is 1. The maximum atomic E-state index is 12.2. The average Bonchev–Trinajstić information content (AvgIpc) is 2.90. The van der Waals surface area contributed by atoms with E-state index in [1.807, 2.05) is 23.1 Å². The van der Waals surface area contributed by atoms with Gasteiger partial charge in [0.2, 0.25) is 11.8 Å². The van der Waals surface area contributed by atoms with Gasteiger partial charge in [-0.15, -0.1) is 11.3 Å². The van der Waals surface area contributed by atoms with Crippen molar-refractivity contribution in [2.24, 2.45) is 5.92 Å². The minimum absolute atomic E-state index is 0.0369. The Balaban J connectivity index is 1.59. The summed E-state index contributed by atoms with van der Waals surface area (Å²) in [5.74, 6) is 0.574. The molecule has 0 bridgehead atoms. The standard InChI is InChI=1S/C15H17ClN2O2S/c16-13-4-2-11(21-13)3-6-15(20)18-8-7-12-10(9-18)1-5-14(19)17-12/h2-4,6,10,12H,1,5,7-9H2,(H,17,19)/b6-3+. The number of rotatable bonds is 2. The van der Waals surface area contributed by atoms with Crippen molar-refractivity contribution in [2.45, 2.75) is 25.3 Å². The molecular weight excluding hydrogens is 308 g/mol. The summed E-state index contributed by atoms with van der Waals surface area (Å²) in [5.41, 5.74) is 0. The van der Waals surface area contributed by atoms with Crippen LogP contribution in [-0.2, 0) is 9.59 Å². The van der Waals surface area contributed by atoms with E-state index in [0.717, 1.165) is 28.6 Å². The van der Waals surface area contributed by atoms with E-state index in [-0.39, 0.29) is 17.9 Å². The molecule has 0 spiro atoms. The molecule has 6 heteroatoms. The third-order valence-corrected chi connectivity index (χ3v) is 5.31. The fraction of sp³-hybridized carbons (Fsp3) is 0.467. The van der Waals surface area contributed by atoms with Crippen LogP contribution in [0.1, 0.15) is 24.1 Å². The summed E-state index contributed by atoms with van der Waals surface area (Å²) < 4.78 is 0.723. The van der Waals surface area contributed by atoms with Crippen LogP contribution in [-0.4, -0.2) is 35.8 Å². The Labute approximate surface area is 132 Å². The van der Waals surface area contributed by atoms with Gasteiger partial charge in [0.15, 0.2) is 0 Å². The van der Waals surface area contributed by atoms with E-state index in [9.17, 15) is 9.59 Å². The van der Waals surface area contributed by atoms with Gasteiger partial charge >= 0.3 is 0 Å². The van der Waals surface area contributed by atoms with Crippen LogP contribution in [0, 0.1) is 5.92 Å². The van der Waals surface area contributed by atoms with E-state index in [1.54, 1.807) is 6.08 Å². The Bertz CT molecular complexity index is 584. The van der Waals surface area contributed by atoms with Crippen LogP contribution in [0.15, 0.2) is 18.2 Å². The minimum Gasteiger partial charge on any atom is -0.353 e. The van der Waals surface area contributed by atoms with Crippen molar-refractivity contribution in [3.63, 3.8) is 0 Å². The molecule has 3 heterocycles. The van der Waals surface area contributed by atoms with E-state index >= 15 is 0 Å². The topological polar surface area (TPSA) is 49.4 Å². The molecular formula is C15H17ClN2O2S. The fourth-order valence-electron chi connectivity index (χ4n) is 2.99. The number of nitrogens with zero attached hydrogens (tertiary/aromatic N) is 1. The Morgan fingerprint density at radius 1 is 1.43 bits per heavy atom. The Kier molecular flexibility index (Phi) is 4.31. The van der Waals surface area contributed by atoms with Gasteiger partial charge in [-0.25, -0.2) is 0 Å². The van der Waals surface area contributed by atoms with Gasteiger partial charge in [-0.1, -0.05) is 11.6 Å². The first kappa shape index (κ1) is 14.6. The molecule has 3 rings (SSSR count). The summed E-state index contributed by atoms with van der Waals surface area (Å²) in [6, 6.07) is 3.97. The zero-order valence-corrected chi connectivity index (χ0v) is 13.1. The van der Waals surface area contributed by atoms with Crippen molar-refractivity contribution in [3.8, 4) is 0 Å². The van der Waals surface area contributed by atoms with Gasteiger partial charge in [-0.2, -0.15) is 0 Å². The van der Waals surface area contributed by atoms with Crippen LogP contribution < -0.4 is 5.32 Å². The molecule has 0 aromatic carbocycles. The second kappa shape index (κ2) is 6.20. The number of thiophene rings is 1. The average molecular weight is 325 g/mol. The number of halogens is 1. The molecule has 2 saturated heterocycles. The van der Waals surface area contributed by atoms with Crippen LogP contribution >= 0.6 is 22.9 Å². The molecule has 2 amide bonds. The highest BCUT2D eigenvalue weighted by Crippen LogP contribution is 2.26. The second-order valence-electron chi connectivity index (χ2n) is 5.52. The number of hydrogen-bond acceptors (Lipinski definition) is 3. The molecule has 0 aliphatic carbocycles. The van der Waals surface area contributed by atoms with E-state index in [0.29, 0.717) is 18.9 Å². The third-order valence-electron chi connectivity index (χ3n) is 4.12. The number of piperidine rings is 2. The lowest BCUT2D eigenvalue weighted by molar-refractivity contribution is -0.130. The summed E-state index contributed by atoms with van der Waals surface area (Å²) >= 11 is 7.32. The van der Waals surface area contributed by atoms with Gasteiger partial charge in [-0.05, 0) is 37.0 Å². The molecule has 4 nitrogen and oxygen atoms in total. The Morgan fingerprint density at radius 2 is 2.29 bits per heavy atom. The zero-order valence-electron chi connectivity index (χ0n) is 11.5. The van der Waals surface area contributed by atoms with Crippen LogP contribution in [0.3, 0.4) is 0 Å². The van der Waals surface area contributed by atoms with Crippen molar-refractivity contribution in [3.05, 3.63) is 27.4 Å². The molecule has 2 atom stereocenters. The Morgan fingerprint density at radius 3 is 3.05 bits per heavy atom. The van der Waals surface area contributed by atoms with Crippen molar-refractivity contribution < 1.29 is 9.59 Å². The number of likely N-dealkylation sites (tertiary alicyclic amines) is 1. The smallest absolute Gasteiger partial charge is 0.246 e. The number of amides is 2. The lowest BCUT2D eigenvalue weighted by Gasteiger charge is -2.41. The number of carbonyl (C=O) groups excluding carboxylic acids is 2. The molecule has 2 unspecified atom stereocenters. The first-order chi connectivity index (χ1) is 10.1. The summed E-state index contributed by atoms with van der Waals surface area (Å²) in [6.45, 7) is 1.44. The van der Waals surface area contributed by atoms with Gasteiger partial charge < -0.3 is 10.2 Å². The molecule has 2 fully saturated rings. The van der Waals surface area contributed by atoms with Crippen molar-refractivity contribution in [1.82, 2.24) is 10.2 Å². The van der Waals surface area contributed by atoms with Gasteiger partial charge in [-0.3, -0.25) is 9.59 Å². The van der Waals surface area contributed by atoms with Gasteiger partial charge in [0.25, 0.3) is 0 Å². The van der Waals surface area contributed by atoms with Gasteiger partial charge in [0, 0.05) is 36.5 Å². The molecule has 1 aromatic rings. The Hall–Kier alpha value is -1.33. The maximum absolute atomic E-state index is 12.2. The molecule has 0 saturated carbocycles. The number of nitrogens with one attached hydrogen (secondary N) is 1. The summed E-state index contributed by atoms with van der Waals surface area (Å²) in [7, 11) is 0. The van der Waals surface area contributed by atoms with Crippen molar-refractivity contribution >= 4 is 40.8 Å². The summed E-state index contributed by atoms with van der Waals surface area (Å²) in [6.07, 6.45) is 5.73. The second-order valence-corrected chi connectivity index (χ2v) is 7.27. The van der Waals surface area contributed by atoms with Crippen molar-refractivity contribution in [1.29, 1.82) is 0 Å². The van der Waals surface area contributed by atoms with Crippen LogP contribution in [0.25, 0.3) is 6.08 Å². The van der Waals surface area contributed by atoms with E-state index in [2.05, 4.69) is 5.32 Å². The third kappa shape index (κ3) is 3.47. The SMILES string of the molecule is O=C1CCC2CN(C(=O)/C=C/c3ccc(Cl)s3)CCC2N1. The predicted molar refractivity (Wildman–Crippen MR) is 84.2 cm³/mol. The number of hydrogen-bond donors (Lipinski definition) is 1.